The number of halogens is 2. The minimum absolute atomic E-state index is 0.109. The van der Waals surface area contributed by atoms with Gasteiger partial charge in [0.2, 0.25) is 0 Å². The van der Waals surface area contributed by atoms with Crippen molar-refractivity contribution in [3.8, 4) is 5.75 Å². The van der Waals surface area contributed by atoms with Crippen LogP contribution in [0.25, 0.3) is 0 Å². The van der Waals surface area contributed by atoms with Crippen molar-refractivity contribution in [2.24, 2.45) is 0 Å². The molecule has 0 aliphatic rings. The lowest BCUT2D eigenvalue weighted by molar-refractivity contribution is 0.322. The smallest absolute Gasteiger partial charge is 0.167 e. The summed E-state index contributed by atoms with van der Waals surface area (Å²) >= 11 is 0. The lowest BCUT2D eigenvalue weighted by atomic mass is 10.1. The normalized spacial score (nSPS) is 10.4. The number of nitrogens with one attached hydrogen (secondary N) is 1. The summed E-state index contributed by atoms with van der Waals surface area (Å²) in [4.78, 5) is 0. The van der Waals surface area contributed by atoms with Crippen LogP contribution in [0.5, 0.6) is 5.75 Å². The number of nitrogen functional groups attached to an aromatic ring is 1. The van der Waals surface area contributed by atoms with Gasteiger partial charge in [-0.2, -0.15) is 0 Å². The highest BCUT2D eigenvalue weighted by Crippen LogP contribution is 2.31. The van der Waals surface area contributed by atoms with Gasteiger partial charge in [-0.15, -0.1) is 0 Å². The molecule has 0 aliphatic heterocycles. The van der Waals surface area contributed by atoms with Gasteiger partial charge in [0, 0.05) is 23.4 Å². The molecular weight excluding hydrogens is 262 g/mol. The Kier molecular flexibility index (Phi) is 4.08. The van der Waals surface area contributed by atoms with Crippen molar-refractivity contribution >= 4 is 17.1 Å². The fourth-order valence-electron chi connectivity index (χ4n) is 1.83. The second-order valence-electron chi connectivity index (χ2n) is 4.34. The van der Waals surface area contributed by atoms with Crippen molar-refractivity contribution in [2.75, 3.05) is 17.7 Å². The average Bonchev–Trinajstić information content (AvgIpc) is 2.40. The third kappa shape index (κ3) is 2.82. The molecule has 20 heavy (non-hydrogen) atoms. The van der Waals surface area contributed by atoms with Gasteiger partial charge in [-0.05, 0) is 26.0 Å². The monoisotopic (exact) mass is 278 g/mol. The summed E-state index contributed by atoms with van der Waals surface area (Å²) in [7, 11) is 0. The number of ether oxygens (including phenoxy) is 1. The number of nitrogens with two attached hydrogens (primary N) is 1. The SMILES string of the molecule is CCOc1cc(Nc2cccc(F)c2C)c(N)cc1F. The third-order valence-corrected chi connectivity index (χ3v) is 2.94. The zero-order valence-electron chi connectivity index (χ0n) is 11.3. The Bertz CT molecular complexity index is 630. The van der Waals surface area contributed by atoms with Crippen molar-refractivity contribution in [1.82, 2.24) is 0 Å². The van der Waals surface area contributed by atoms with E-state index in [0.29, 0.717) is 23.5 Å². The van der Waals surface area contributed by atoms with E-state index in [1.807, 2.05) is 0 Å². The van der Waals surface area contributed by atoms with Gasteiger partial charge in [0.1, 0.15) is 5.82 Å². The Balaban J connectivity index is 2.38. The van der Waals surface area contributed by atoms with Gasteiger partial charge in [-0.1, -0.05) is 6.07 Å². The van der Waals surface area contributed by atoms with E-state index in [-0.39, 0.29) is 17.3 Å². The molecule has 0 spiro atoms. The van der Waals surface area contributed by atoms with E-state index in [9.17, 15) is 8.78 Å². The highest BCUT2D eigenvalue weighted by molar-refractivity contribution is 5.75. The number of hydrogen-bond donors (Lipinski definition) is 2. The number of benzene rings is 2. The fourth-order valence-corrected chi connectivity index (χ4v) is 1.83. The van der Waals surface area contributed by atoms with E-state index >= 15 is 0 Å². The number of anilines is 3. The molecule has 106 valence electrons. The minimum Gasteiger partial charge on any atom is -0.491 e. The molecule has 5 heteroatoms. The topological polar surface area (TPSA) is 47.3 Å². The molecule has 0 aliphatic carbocycles. The highest BCUT2D eigenvalue weighted by atomic mass is 19.1. The summed E-state index contributed by atoms with van der Waals surface area (Å²) in [5, 5.41) is 3.00. The molecule has 0 aromatic heterocycles. The van der Waals surface area contributed by atoms with Crippen molar-refractivity contribution in [1.29, 1.82) is 0 Å². The van der Waals surface area contributed by atoms with Crippen LogP contribution in [0.15, 0.2) is 30.3 Å². The summed E-state index contributed by atoms with van der Waals surface area (Å²) in [5.41, 5.74) is 7.52. The minimum atomic E-state index is -0.522. The van der Waals surface area contributed by atoms with Gasteiger partial charge in [-0.25, -0.2) is 8.78 Å². The largest absolute Gasteiger partial charge is 0.491 e. The molecule has 0 bridgehead atoms. The lowest BCUT2D eigenvalue weighted by Gasteiger charge is -2.14. The van der Waals surface area contributed by atoms with Gasteiger partial charge >= 0.3 is 0 Å². The number of hydrogen-bond acceptors (Lipinski definition) is 3. The van der Waals surface area contributed by atoms with Gasteiger partial charge in [0.25, 0.3) is 0 Å². The van der Waals surface area contributed by atoms with Crippen LogP contribution >= 0.6 is 0 Å². The second kappa shape index (κ2) is 5.77. The van der Waals surface area contributed by atoms with Crippen molar-refractivity contribution < 1.29 is 13.5 Å². The van der Waals surface area contributed by atoms with Crippen LogP contribution in [0.1, 0.15) is 12.5 Å². The fraction of sp³-hybridized carbons (Fsp3) is 0.200. The molecule has 2 aromatic rings. The standard InChI is InChI=1S/C15H16F2N2O/c1-3-20-15-8-14(12(18)7-11(15)17)19-13-6-4-5-10(16)9(13)2/h4-8,19H,3,18H2,1-2H3. The van der Waals surface area contributed by atoms with Gasteiger partial charge in [0.15, 0.2) is 11.6 Å². The molecule has 0 atom stereocenters. The van der Waals surface area contributed by atoms with Crippen molar-refractivity contribution in [3.05, 3.63) is 47.5 Å². The van der Waals surface area contributed by atoms with E-state index in [4.69, 9.17) is 10.5 Å². The van der Waals surface area contributed by atoms with E-state index in [0.717, 1.165) is 0 Å². The molecule has 0 fully saturated rings. The Hall–Kier alpha value is -2.30. The molecule has 3 N–H and O–H groups in total. The molecule has 2 rings (SSSR count). The van der Waals surface area contributed by atoms with Crippen LogP contribution in [-0.2, 0) is 0 Å². The maximum Gasteiger partial charge on any atom is 0.167 e. The van der Waals surface area contributed by atoms with E-state index < -0.39 is 5.82 Å². The zero-order valence-corrected chi connectivity index (χ0v) is 11.3. The van der Waals surface area contributed by atoms with Crippen LogP contribution in [0.3, 0.4) is 0 Å². The van der Waals surface area contributed by atoms with Crippen molar-refractivity contribution in [2.45, 2.75) is 13.8 Å². The summed E-state index contributed by atoms with van der Waals surface area (Å²) in [6.45, 7) is 3.76. The van der Waals surface area contributed by atoms with Crippen LogP contribution in [0.4, 0.5) is 25.8 Å². The summed E-state index contributed by atoms with van der Waals surface area (Å²) in [6, 6.07) is 7.34. The third-order valence-electron chi connectivity index (χ3n) is 2.94. The molecule has 2 aromatic carbocycles. The Morgan fingerprint density at radius 3 is 2.60 bits per heavy atom. The van der Waals surface area contributed by atoms with E-state index in [1.54, 1.807) is 26.0 Å². The van der Waals surface area contributed by atoms with Crippen LogP contribution < -0.4 is 15.8 Å². The molecule has 0 unspecified atom stereocenters. The lowest BCUT2D eigenvalue weighted by Crippen LogP contribution is -2.02. The van der Waals surface area contributed by atoms with Gasteiger partial charge in [-0.3, -0.25) is 0 Å². The Labute approximate surface area is 116 Å². The molecule has 3 nitrogen and oxygen atoms in total. The maximum absolute atomic E-state index is 13.6. The summed E-state index contributed by atoms with van der Waals surface area (Å²) in [5.74, 6) is -0.732. The summed E-state index contributed by atoms with van der Waals surface area (Å²) in [6.07, 6.45) is 0. The van der Waals surface area contributed by atoms with Crippen LogP contribution in [0.2, 0.25) is 0 Å². The van der Waals surface area contributed by atoms with Gasteiger partial charge < -0.3 is 15.8 Å². The molecule has 0 saturated heterocycles. The first-order chi connectivity index (χ1) is 9.52. The van der Waals surface area contributed by atoms with E-state index in [1.165, 1.54) is 18.2 Å². The molecular formula is C15H16F2N2O. The molecule has 0 amide bonds. The van der Waals surface area contributed by atoms with Crippen LogP contribution in [0, 0.1) is 18.6 Å². The highest BCUT2D eigenvalue weighted by Gasteiger charge is 2.11. The second-order valence-corrected chi connectivity index (χ2v) is 4.34. The first-order valence-electron chi connectivity index (χ1n) is 6.27. The predicted molar refractivity (Wildman–Crippen MR) is 76.4 cm³/mol. The quantitative estimate of drug-likeness (QED) is 0.831. The van der Waals surface area contributed by atoms with Crippen molar-refractivity contribution in [3.63, 3.8) is 0 Å². The summed E-state index contributed by atoms with van der Waals surface area (Å²) < 4.78 is 32.3. The average molecular weight is 278 g/mol. The van der Waals surface area contributed by atoms with Crippen LogP contribution in [-0.4, -0.2) is 6.61 Å². The number of rotatable bonds is 4. The molecule has 0 radical (unpaired) electrons. The first-order valence-corrected chi connectivity index (χ1v) is 6.27. The van der Waals surface area contributed by atoms with Gasteiger partial charge in [0.05, 0.1) is 18.0 Å². The molecule has 0 heterocycles. The first kappa shape index (κ1) is 14.1. The van der Waals surface area contributed by atoms with E-state index in [2.05, 4.69) is 5.32 Å². The Morgan fingerprint density at radius 2 is 1.90 bits per heavy atom. The maximum atomic E-state index is 13.6. The Morgan fingerprint density at radius 1 is 1.15 bits per heavy atom. The predicted octanol–water partition coefficient (Wildman–Crippen LogP) is 4.00. The molecule has 0 saturated carbocycles. The zero-order chi connectivity index (χ0) is 14.7.